The van der Waals surface area contributed by atoms with Crippen LogP contribution in [0.1, 0.15) is 51.8 Å². The standard InChI is InChI=1S/C22H26F3N3O/c1-13-4-5-17(11-19(13)22(23,24)25)26-21(29)18-10-14(2)28(15(18)3)20-12-27-8-6-16(20)7-9-27/h4-5,10-11,16,20H,6-9,12H2,1-3H3,(H,26,29). The lowest BCUT2D eigenvalue weighted by molar-refractivity contribution is -0.138. The first-order valence-corrected chi connectivity index (χ1v) is 10.0. The van der Waals surface area contributed by atoms with Gasteiger partial charge in [-0.15, -0.1) is 0 Å². The van der Waals surface area contributed by atoms with E-state index in [2.05, 4.69) is 14.8 Å². The van der Waals surface area contributed by atoms with Crippen molar-refractivity contribution in [2.75, 3.05) is 25.0 Å². The van der Waals surface area contributed by atoms with E-state index >= 15 is 0 Å². The fourth-order valence-electron chi connectivity index (χ4n) is 4.95. The van der Waals surface area contributed by atoms with Crippen molar-refractivity contribution in [3.63, 3.8) is 0 Å². The number of carbonyl (C=O) groups is 1. The monoisotopic (exact) mass is 405 g/mol. The minimum Gasteiger partial charge on any atom is -0.344 e. The molecule has 2 bridgehead atoms. The number of aryl methyl sites for hydroxylation is 2. The van der Waals surface area contributed by atoms with Gasteiger partial charge in [0.15, 0.2) is 0 Å². The van der Waals surface area contributed by atoms with Crippen molar-refractivity contribution in [3.8, 4) is 0 Å². The number of alkyl halides is 3. The first kappa shape index (κ1) is 20.0. The maximum absolute atomic E-state index is 13.2. The SMILES string of the molecule is Cc1ccc(NC(=O)c2cc(C)n(C3CN4CCC3CC4)c2C)cc1C(F)(F)F. The average Bonchev–Trinajstić information content (AvgIpc) is 2.97. The van der Waals surface area contributed by atoms with E-state index in [4.69, 9.17) is 0 Å². The Kier molecular flexibility index (Phi) is 4.97. The number of rotatable bonds is 3. The second kappa shape index (κ2) is 7.20. The zero-order chi connectivity index (χ0) is 20.9. The van der Waals surface area contributed by atoms with E-state index in [1.54, 1.807) is 0 Å². The highest BCUT2D eigenvalue weighted by molar-refractivity contribution is 6.05. The van der Waals surface area contributed by atoms with Gasteiger partial charge in [0.2, 0.25) is 0 Å². The molecule has 1 atom stereocenters. The number of fused-ring (bicyclic) bond motifs is 3. The van der Waals surface area contributed by atoms with Gasteiger partial charge in [-0.1, -0.05) is 6.07 Å². The van der Waals surface area contributed by atoms with Gasteiger partial charge in [0.1, 0.15) is 0 Å². The fourth-order valence-corrected chi connectivity index (χ4v) is 4.95. The van der Waals surface area contributed by atoms with Crippen LogP contribution in [-0.2, 0) is 6.18 Å². The number of halogens is 3. The number of hydrogen-bond acceptors (Lipinski definition) is 2. The van der Waals surface area contributed by atoms with Crippen LogP contribution in [0.5, 0.6) is 0 Å². The van der Waals surface area contributed by atoms with Gasteiger partial charge >= 0.3 is 6.18 Å². The van der Waals surface area contributed by atoms with Crippen molar-refractivity contribution in [2.45, 2.75) is 45.8 Å². The molecule has 1 aromatic carbocycles. The van der Waals surface area contributed by atoms with Gasteiger partial charge in [-0.25, -0.2) is 0 Å². The molecule has 156 valence electrons. The number of nitrogens with one attached hydrogen (secondary N) is 1. The molecule has 7 heteroatoms. The molecule has 1 N–H and O–H groups in total. The van der Waals surface area contributed by atoms with Crippen LogP contribution in [0.25, 0.3) is 0 Å². The normalized spacial score (nSPS) is 24.0. The van der Waals surface area contributed by atoms with E-state index in [1.807, 2.05) is 19.9 Å². The number of piperidine rings is 3. The molecule has 1 amide bonds. The minimum atomic E-state index is -4.45. The van der Waals surface area contributed by atoms with Crippen molar-refractivity contribution in [1.29, 1.82) is 0 Å². The predicted octanol–water partition coefficient (Wildman–Crippen LogP) is 4.95. The Morgan fingerprint density at radius 3 is 2.38 bits per heavy atom. The summed E-state index contributed by atoms with van der Waals surface area (Å²) < 4.78 is 41.8. The van der Waals surface area contributed by atoms with Gasteiger partial charge in [-0.05, 0) is 76.4 Å². The van der Waals surface area contributed by atoms with Crippen LogP contribution in [-0.4, -0.2) is 35.0 Å². The molecule has 3 fully saturated rings. The molecule has 5 rings (SSSR count). The first-order chi connectivity index (χ1) is 13.6. The highest BCUT2D eigenvalue weighted by atomic mass is 19.4. The van der Waals surface area contributed by atoms with Gasteiger partial charge in [0.25, 0.3) is 5.91 Å². The highest BCUT2D eigenvalue weighted by Crippen LogP contribution is 2.38. The Labute approximate surface area is 168 Å². The maximum Gasteiger partial charge on any atom is 0.416 e. The largest absolute Gasteiger partial charge is 0.416 e. The van der Waals surface area contributed by atoms with E-state index in [0.717, 1.165) is 37.1 Å². The number of anilines is 1. The van der Waals surface area contributed by atoms with Crippen LogP contribution in [0.3, 0.4) is 0 Å². The number of nitrogens with zero attached hydrogens (tertiary/aromatic N) is 2. The van der Waals surface area contributed by atoms with Crippen molar-refractivity contribution >= 4 is 11.6 Å². The molecule has 0 radical (unpaired) electrons. The average molecular weight is 405 g/mol. The molecule has 1 aromatic heterocycles. The third kappa shape index (κ3) is 3.68. The third-order valence-electron chi connectivity index (χ3n) is 6.48. The van der Waals surface area contributed by atoms with Crippen molar-refractivity contribution < 1.29 is 18.0 Å². The van der Waals surface area contributed by atoms with E-state index in [-0.39, 0.29) is 17.2 Å². The minimum absolute atomic E-state index is 0.135. The van der Waals surface area contributed by atoms with Crippen LogP contribution in [0.2, 0.25) is 0 Å². The number of carbonyl (C=O) groups excluding carboxylic acids is 1. The topological polar surface area (TPSA) is 37.3 Å². The van der Waals surface area contributed by atoms with Crippen LogP contribution in [0, 0.1) is 26.7 Å². The number of hydrogen-bond donors (Lipinski definition) is 1. The summed E-state index contributed by atoms with van der Waals surface area (Å²) in [6.07, 6.45) is -2.10. The van der Waals surface area contributed by atoms with E-state index in [1.165, 1.54) is 31.9 Å². The summed E-state index contributed by atoms with van der Waals surface area (Å²) >= 11 is 0. The lowest BCUT2D eigenvalue weighted by atomic mass is 9.83. The summed E-state index contributed by atoms with van der Waals surface area (Å²) in [6.45, 7) is 8.61. The Morgan fingerprint density at radius 2 is 1.79 bits per heavy atom. The molecular weight excluding hydrogens is 379 g/mol. The fraction of sp³-hybridized carbons (Fsp3) is 0.500. The Balaban J connectivity index is 1.59. The molecule has 3 aliphatic heterocycles. The van der Waals surface area contributed by atoms with Gasteiger partial charge in [-0.2, -0.15) is 13.2 Å². The van der Waals surface area contributed by atoms with Crippen LogP contribution in [0.15, 0.2) is 24.3 Å². The highest BCUT2D eigenvalue weighted by Gasteiger charge is 2.37. The van der Waals surface area contributed by atoms with E-state index in [0.29, 0.717) is 17.5 Å². The van der Waals surface area contributed by atoms with Gasteiger partial charge in [-0.3, -0.25) is 4.79 Å². The first-order valence-electron chi connectivity index (χ1n) is 10.0. The maximum atomic E-state index is 13.2. The third-order valence-corrected chi connectivity index (χ3v) is 6.48. The summed E-state index contributed by atoms with van der Waals surface area (Å²) in [5.74, 6) is 0.245. The quantitative estimate of drug-likeness (QED) is 0.785. The summed E-state index contributed by atoms with van der Waals surface area (Å²) in [5.41, 5.74) is 1.98. The molecule has 0 aliphatic carbocycles. The van der Waals surface area contributed by atoms with E-state index < -0.39 is 11.7 Å². The molecule has 0 saturated carbocycles. The van der Waals surface area contributed by atoms with Crippen LogP contribution >= 0.6 is 0 Å². The Bertz CT molecular complexity index is 940. The second-order valence-electron chi connectivity index (χ2n) is 8.34. The zero-order valence-electron chi connectivity index (χ0n) is 16.9. The molecule has 4 nitrogen and oxygen atoms in total. The molecule has 3 saturated heterocycles. The smallest absolute Gasteiger partial charge is 0.344 e. The summed E-state index contributed by atoms with van der Waals surface area (Å²) in [5, 5.41) is 2.65. The molecule has 1 unspecified atom stereocenters. The predicted molar refractivity (Wildman–Crippen MR) is 106 cm³/mol. The molecule has 4 heterocycles. The molecular formula is C22H26F3N3O. The number of amides is 1. The molecule has 0 spiro atoms. The Morgan fingerprint density at radius 1 is 1.10 bits per heavy atom. The summed E-state index contributed by atoms with van der Waals surface area (Å²) in [6, 6.07) is 6.10. The van der Waals surface area contributed by atoms with Crippen LogP contribution < -0.4 is 5.32 Å². The van der Waals surface area contributed by atoms with Crippen LogP contribution in [0.4, 0.5) is 18.9 Å². The number of aromatic nitrogens is 1. The number of benzene rings is 1. The summed E-state index contributed by atoms with van der Waals surface area (Å²) in [7, 11) is 0. The van der Waals surface area contributed by atoms with Crippen molar-refractivity contribution in [3.05, 3.63) is 52.3 Å². The lowest BCUT2D eigenvalue weighted by Gasteiger charge is -2.46. The van der Waals surface area contributed by atoms with Crippen molar-refractivity contribution in [2.24, 2.45) is 5.92 Å². The molecule has 2 aromatic rings. The molecule has 3 aliphatic rings. The Hall–Kier alpha value is -2.28. The van der Waals surface area contributed by atoms with Gasteiger partial charge < -0.3 is 14.8 Å². The van der Waals surface area contributed by atoms with Gasteiger partial charge in [0, 0.05) is 29.7 Å². The van der Waals surface area contributed by atoms with Crippen molar-refractivity contribution in [1.82, 2.24) is 9.47 Å². The second-order valence-corrected chi connectivity index (χ2v) is 8.34. The summed E-state index contributed by atoms with van der Waals surface area (Å²) in [4.78, 5) is 15.3. The lowest BCUT2D eigenvalue weighted by Crippen LogP contribution is -2.48. The zero-order valence-corrected chi connectivity index (χ0v) is 16.9. The van der Waals surface area contributed by atoms with Gasteiger partial charge in [0.05, 0.1) is 11.1 Å². The molecule has 29 heavy (non-hydrogen) atoms. The van der Waals surface area contributed by atoms with E-state index in [9.17, 15) is 18.0 Å².